The van der Waals surface area contributed by atoms with Crippen molar-refractivity contribution in [3.63, 3.8) is 0 Å². The Bertz CT molecular complexity index is 897. The average molecular weight is 415 g/mol. The molecule has 7 heteroatoms. The lowest BCUT2D eigenvalue weighted by atomic mass is 9.89. The Morgan fingerprint density at radius 1 is 1.23 bits per heavy atom. The highest BCUT2D eigenvalue weighted by atomic mass is 16.6. The lowest BCUT2D eigenvalue weighted by Gasteiger charge is -2.34. The number of pyridine rings is 1. The number of amides is 1. The van der Waals surface area contributed by atoms with Gasteiger partial charge in [0, 0.05) is 25.2 Å². The summed E-state index contributed by atoms with van der Waals surface area (Å²) in [5.74, 6) is 1.63. The van der Waals surface area contributed by atoms with Crippen molar-refractivity contribution in [2.45, 2.75) is 83.3 Å². The van der Waals surface area contributed by atoms with Gasteiger partial charge in [-0.25, -0.2) is 14.8 Å². The molecule has 30 heavy (non-hydrogen) atoms. The molecule has 2 aliphatic rings. The largest absolute Gasteiger partial charge is 0.444 e. The van der Waals surface area contributed by atoms with Crippen molar-refractivity contribution >= 4 is 17.3 Å². The molecule has 2 fully saturated rings. The van der Waals surface area contributed by atoms with E-state index in [0.29, 0.717) is 25.6 Å². The van der Waals surface area contributed by atoms with Crippen LogP contribution in [0.2, 0.25) is 0 Å². The normalized spacial score (nSPS) is 23.0. The van der Waals surface area contributed by atoms with Gasteiger partial charge in [0.15, 0.2) is 5.65 Å². The number of H-pyrrole nitrogens is 1. The number of likely N-dealkylation sites (tertiary alicyclic amines) is 1. The van der Waals surface area contributed by atoms with E-state index >= 15 is 0 Å². The molecule has 4 heterocycles. The molecule has 0 aromatic carbocycles. The topological polar surface area (TPSA) is 80.3 Å². The number of ether oxygens (including phenoxy) is 2. The van der Waals surface area contributed by atoms with Crippen LogP contribution in [0.1, 0.15) is 83.5 Å². The fraction of sp³-hybridized carbons (Fsp3) is 0.696. The molecule has 1 N–H and O–H groups in total. The average Bonchev–Trinajstić information content (AvgIpc) is 3.11. The summed E-state index contributed by atoms with van der Waals surface area (Å²) in [7, 11) is 0. The number of hydrogen-bond donors (Lipinski definition) is 1. The first-order chi connectivity index (χ1) is 14.1. The van der Waals surface area contributed by atoms with Gasteiger partial charge < -0.3 is 19.4 Å². The number of hydrogen-bond acceptors (Lipinski definition) is 5. The Balaban J connectivity index is 1.46. The molecule has 1 atom stereocenters. The SMILES string of the molecule is CC(C)(C)OC(=O)N1CCC(c2ccnc3[nH]c([C@H]4CCC(C)(C)OC4)nc23)CC1. The lowest BCUT2D eigenvalue weighted by molar-refractivity contribution is -0.0620. The minimum Gasteiger partial charge on any atom is -0.444 e. The third kappa shape index (κ3) is 4.61. The van der Waals surface area contributed by atoms with Gasteiger partial charge in [0.25, 0.3) is 0 Å². The highest BCUT2D eigenvalue weighted by Gasteiger charge is 2.32. The van der Waals surface area contributed by atoms with Gasteiger partial charge in [-0.15, -0.1) is 0 Å². The predicted molar refractivity (Wildman–Crippen MR) is 116 cm³/mol. The van der Waals surface area contributed by atoms with Gasteiger partial charge in [-0.05, 0) is 77.8 Å². The van der Waals surface area contributed by atoms with Crippen molar-refractivity contribution in [3.8, 4) is 0 Å². The lowest BCUT2D eigenvalue weighted by Crippen LogP contribution is -2.41. The van der Waals surface area contributed by atoms with E-state index in [1.807, 2.05) is 31.9 Å². The van der Waals surface area contributed by atoms with Crippen LogP contribution in [0.15, 0.2) is 12.3 Å². The van der Waals surface area contributed by atoms with Gasteiger partial charge >= 0.3 is 6.09 Å². The van der Waals surface area contributed by atoms with Crippen LogP contribution in [0.25, 0.3) is 11.2 Å². The Morgan fingerprint density at radius 3 is 2.60 bits per heavy atom. The molecule has 0 radical (unpaired) electrons. The van der Waals surface area contributed by atoms with E-state index in [1.54, 1.807) is 0 Å². The minimum absolute atomic E-state index is 0.0476. The summed E-state index contributed by atoms with van der Waals surface area (Å²) in [6, 6.07) is 2.08. The zero-order valence-corrected chi connectivity index (χ0v) is 18.8. The number of nitrogens with zero attached hydrogens (tertiary/aromatic N) is 3. The quantitative estimate of drug-likeness (QED) is 0.767. The summed E-state index contributed by atoms with van der Waals surface area (Å²) in [6.45, 7) is 12.1. The standard InChI is InChI=1S/C23H34N4O3/c1-22(2,3)30-21(28)27-12-8-15(9-13-27)17-7-11-24-20-18(17)25-19(26-20)16-6-10-23(4,5)29-14-16/h7,11,15-16H,6,8-10,12-14H2,1-5H3,(H,24,25,26)/t16-/m0/s1. The van der Waals surface area contributed by atoms with Crippen molar-refractivity contribution in [3.05, 3.63) is 23.7 Å². The van der Waals surface area contributed by atoms with E-state index in [-0.39, 0.29) is 17.6 Å². The molecular weight excluding hydrogens is 380 g/mol. The van der Waals surface area contributed by atoms with Crippen LogP contribution in [-0.4, -0.2) is 56.8 Å². The van der Waals surface area contributed by atoms with E-state index in [4.69, 9.17) is 14.5 Å². The molecule has 0 aliphatic carbocycles. The molecular formula is C23H34N4O3. The van der Waals surface area contributed by atoms with Crippen LogP contribution in [0, 0.1) is 0 Å². The number of piperidine rings is 1. The number of fused-ring (bicyclic) bond motifs is 1. The van der Waals surface area contributed by atoms with Gasteiger partial charge in [0.1, 0.15) is 16.9 Å². The van der Waals surface area contributed by atoms with Gasteiger partial charge in [-0.1, -0.05) is 0 Å². The first kappa shape index (κ1) is 21.1. The maximum absolute atomic E-state index is 12.4. The smallest absolute Gasteiger partial charge is 0.410 e. The molecule has 4 rings (SSSR count). The summed E-state index contributed by atoms with van der Waals surface area (Å²) in [6.07, 6.45) is 5.54. The van der Waals surface area contributed by atoms with E-state index < -0.39 is 5.60 Å². The molecule has 7 nitrogen and oxygen atoms in total. The van der Waals surface area contributed by atoms with E-state index in [0.717, 1.165) is 42.7 Å². The zero-order valence-electron chi connectivity index (χ0n) is 18.8. The van der Waals surface area contributed by atoms with Gasteiger partial charge in [-0.3, -0.25) is 0 Å². The van der Waals surface area contributed by atoms with Crippen molar-refractivity contribution in [2.75, 3.05) is 19.7 Å². The summed E-state index contributed by atoms with van der Waals surface area (Å²) >= 11 is 0. The molecule has 1 amide bonds. The summed E-state index contributed by atoms with van der Waals surface area (Å²) in [4.78, 5) is 27.1. The van der Waals surface area contributed by atoms with E-state index in [2.05, 4.69) is 29.9 Å². The summed E-state index contributed by atoms with van der Waals surface area (Å²) in [5.41, 5.74) is 2.53. The van der Waals surface area contributed by atoms with Gasteiger partial charge in [0.2, 0.25) is 0 Å². The number of carbonyl (C=O) groups excluding carboxylic acids is 1. The number of nitrogens with one attached hydrogen (secondary N) is 1. The van der Waals surface area contributed by atoms with Crippen molar-refractivity contribution < 1.29 is 14.3 Å². The molecule has 164 valence electrons. The minimum atomic E-state index is -0.464. The fourth-order valence-corrected chi connectivity index (χ4v) is 4.39. The van der Waals surface area contributed by atoms with Crippen LogP contribution in [0.4, 0.5) is 4.79 Å². The Kier molecular flexibility index (Phi) is 5.51. The molecule has 0 unspecified atom stereocenters. The van der Waals surface area contributed by atoms with E-state index in [1.165, 1.54) is 5.56 Å². The predicted octanol–water partition coefficient (Wildman–Crippen LogP) is 4.75. The van der Waals surface area contributed by atoms with Gasteiger partial charge in [0.05, 0.1) is 12.2 Å². The number of carbonyl (C=O) groups is 1. The van der Waals surface area contributed by atoms with Crippen LogP contribution >= 0.6 is 0 Å². The molecule has 0 saturated carbocycles. The maximum Gasteiger partial charge on any atom is 0.410 e. The van der Waals surface area contributed by atoms with Crippen LogP contribution in [-0.2, 0) is 9.47 Å². The second-order valence-corrected chi connectivity index (χ2v) is 10.3. The Morgan fingerprint density at radius 2 is 1.97 bits per heavy atom. The third-order valence-corrected chi connectivity index (χ3v) is 6.18. The monoisotopic (exact) mass is 414 g/mol. The number of aromatic amines is 1. The summed E-state index contributed by atoms with van der Waals surface area (Å²) in [5, 5.41) is 0. The fourth-order valence-electron chi connectivity index (χ4n) is 4.39. The zero-order chi connectivity index (χ0) is 21.5. The van der Waals surface area contributed by atoms with Gasteiger partial charge in [-0.2, -0.15) is 0 Å². The van der Waals surface area contributed by atoms with Crippen molar-refractivity contribution in [2.24, 2.45) is 0 Å². The molecule has 2 aliphatic heterocycles. The molecule has 0 bridgehead atoms. The second kappa shape index (κ2) is 7.84. The molecule has 2 saturated heterocycles. The third-order valence-electron chi connectivity index (χ3n) is 6.18. The number of aromatic nitrogens is 3. The van der Waals surface area contributed by atoms with E-state index in [9.17, 15) is 4.79 Å². The number of rotatable bonds is 2. The van der Waals surface area contributed by atoms with Crippen LogP contribution in [0.3, 0.4) is 0 Å². The highest BCUT2D eigenvalue weighted by molar-refractivity contribution is 5.75. The molecule has 2 aromatic heterocycles. The molecule has 0 spiro atoms. The van der Waals surface area contributed by atoms with Crippen LogP contribution in [0.5, 0.6) is 0 Å². The Labute approximate surface area is 178 Å². The highest BCUT2D eigenvalue weighted by Crippen LogP contribution is 2.35. The first-order valence-electron chi connectivity index (χ1n) is 11.1. The van der Waals surface area contributed by atoms with Crippen molar-refractivity contribution in [1.82, 2.24) is 19.9 Å². The maximum atomic E-state index is 12.4. The number of imidazole rings is 1. The van der Waals surface area contributed by atoms with Crippen LogP contribution < -0.4 is 0 Å². The second-order valence-electron chi connectivity index (χ2n) is 10.3. The van der Waals surface area contributed by atoms with Crippen molar-refractivity contribution in [1.29, 1.82) is 0 Å². The Hall–Kier alpha value is -2.15. The first-order valence-corrected chi connectivity index (χ1v) is 11.1. The summed E-state index contributed by atoms with van der Waals surface area (Å²) < 4.78 is 11.5. The molecule has 2 aromatic rings.